The van der Waals surface area contributed by atoms with E-state index < -0.39 is 0 Å². The van der Waals surface area contributed by atoms with Gasteiger partial charge in [0.15, 0.2) is 0 Å². The molecule has 0 unspecified atom stereocenters. The molecule has 3 heteroatoms. The average Bonchev–Trinajstić information content (AvgIpc) is 2.48. The summed E-state index contributed by atoms with van der Waals surface area (Å²) in [5.74, 6) is 1.34. The molecule has 0 bridgehead atoms. The van der Waals surface area contributed by atoms with Gasteiger partial charge < -0.3 is 10.1 Å². The molecule has 1 aliphatic carbocycles. The van der Waals surface area contributed by atoms with Crippen LogP contribution in [0.2, 0.25) is 0 Å². The lowest BCUT2D eigenvalue weighted by molar-refractivity contribution is -0.117. The maximum Gasteiger partial charge on any atom is 0.244 e. The van der Waals surface area contributed by atoms with Crippen LogP contribution in [0.25, 0.3) is 6.08 Å². The summed E-state index contributed by atoms with van der Waals surface area (Å²) < 4.78 is 5.32. The molecule has 1 aromatic carbocycles. The predicted octanol–water partition coefficient (Wildman–Crippen LogP) is 3.71. The quantitative estimate of drug-likeness (QED) is 0.857. The summed E-state index contributed by atoms with van der Waals surface area (Å²) in [4.78, 5) is 12.1. The van der Waals surface area contributed by atoms with E-state index in [1.54, 1.807) is 13.2 Å². The number of carbonyl (C=O) groups is 1. The zero-order valence-electron chi connectivity index (χ0n) is 13.2. The Morgan fingerprint density at radius 1 is 1.33 bits per heavy atom. The molecule has 1 fully saturated rings. The van der Waals surface area contributed by atoms with E-state index in [4.69, 9.17) is 4.74 Å². The van der Waals surface area contributed by atoms with E-state index in [2.05, 4.69) is 12.2 Å². The lowest BCUT2D eigenvalue weighted by Gasteiger charge is -2.29. The molecular weight excluding hydrogens is 262 g/mol. The first kappa shape index (κ1) is 15.6. The van der Waals surface area contributed by atoms with Crippen molar-refractivity contribution in [3.63, 3.8) is 0 Å². The number of methoxy groups -OCH3 is 1. The molecule has 0 radical (unpaired) electrons. The molecule has 21 heavy (non-hydrogen) atoms. The summed E-state index contributed by atoms with van der Waals surface area (Å²) >= 11 is 0. The number of benzene rings is 1. The van der Waals surface area contributed by atoms with Crippen LogP contribution in [0.5, 0.6) is 5.75 Å². The van der Waals surface area contributed by atoms with Gasteiger partial charge in [0.05, 0.1) is 7.11 Å². The van der Waals surface area contributed by atoms with Gasteiger partial charge in [0.25, 0.3) is 0 Å². The van der Waals surface area contributed by atoms with Crippen molar-refractivity contribution >= 4 is 12.0 Å². The molecule has 1 aromatic rings. The highest BCUT2D eigenvalue weighted by atomic mass is 16.5. The molecule has 3 nitrogen and oxygen atoms in total. The van der Waals surface area contributed by atoms with E-state index in [0.717, 1.165) is 23.3 Å². The van der Waals surface area contributed by atoms with Crippen molar-refractivity contribution < 1.29 is 9.53 Å². The van der Waals surface area contributed by atoms with E-state index in [0.29, 0.717) is 12.0 Å². The maximum absolute atomic E-state index is 12.1. The molecule has 1 saturated carbocycles. The Kier molecular flexibility index (Phi) is 5.43. The van der Waals surface area contributed by atoms with Crippen LogP contribution < -0.4 is 10.1 Å². The molecular formula is C18H25NO2. The summed E-state index contributed by atoms with van der Waals surface area (Å²) in [7, 11) is 1.64. The minimum Gasteiger partial charge on any atom is -0.496 e. The monoisotopic (exact) mass is 287 g/mol. The summed E-state index contributed by atoms with van der Waals surface area (Å²) in [6, 6.07) is 6.26. The number of hydrogen-bond acceptors (Lipinski definition) is 2. The molecule has 0 aromatic heterocycles. The van der Waals surface area contributed by atoms with Crippen LogP contribution in [0.15, 0.2) is 24.3 Å². The van der Waals surface area contributed by atoms with E-state index in [9.17, 15) is 4.79 Å². The molecule has 2 rings (SSSR count). The number of amides is 1. The second-order valence-corrected chi connectivity index (χ2v) is 5.96. The molecule has 2 atom stereocenters. The number of hydrogen-bond donors (Lipinski definition) is 1. The van der Waals surface area contributed by atoms with Gasteiger partial charge >= 0.3 is 0 Å². The predicted molar refractivity (Wildman–Crippen MR) is 86.3 cm³/mol. The lowest BCUT2D eigenvalue weighted by Crippen LogP contribution is -2.40. The fourth-order valence-electron chi connectivity index (χ4n) is 2.91. The molecule has 0 aliphatic heterocycles. The smallest absolute Gasteiger partial charge is 0.244 e. The van der Waals surface area contributed by atoms with Crippen LogP contribution in [0, 0.1) is 12.8 Å². The zero-order valence-corrected chi connectivity index (χ0v) is 13.2. The number of rotatable bonds is 4. The molecule has 1 aliphatic rings. The van der Waals surface area contributed by atoms with Gasteiger partial charge in [0, 0.05) is 17.7 Å². The topological polar surface area (TPSA) is 38.3 Å². The molecule has 0 spiro atoms. The summed E-state index contributed by atoms with van der Waals surface area (Å²) in [5.41, 5.74) is 2.08. The Morgan fingerprint density at radius 2 is 2.10 bits per heavy atom. The van der Waals surface area contributed by atoms with Gasteiger partial charge in [0.2, 0.25) is 5.91 Å². The van der Waals surface area contributed by atoms with Crippen molar-refractivity contribution in [3.05, 3.63) is 35.4 Å². The van der Waals surface area contributed by atoms with E-state index in [-0.39, 0.29) is 5.91 Å². The van der Waals surface area contributed by atoms with Gasteiger partial charge in [-0.15, -0.1) is 0 Å². The van der Waals surface area contributed by atoms with E-state index in [1.807, 2.05) is 31.2 Å². The Bertz CT molecular complexity index is 522. The van der Waals surface area contributed by atoms with E-state index >= 15 is 0 Å². The van der Waals surface area contributed by atoms with Crippen LogP contribution in [0.4, 0.5) is 0 Å². The zero-order chi connectivity index (χ0) is 15.2. The molecule has 1 N–H and O–H groups in total. The number of ether oxygens (including phenoxy) is 1. The molecule has 0 heterocycles. The van der Waals surface area contributed by atoms with Gasteiger partial charge in [-0.05, 0) is 43.9 Å². The molecule has 0 saturated heterocycles. The van der Waals surface area contributed by atoms with Crippen LogP contribution in [-0.4, -0.2) is 19.1 Å². The SMILES string of the molecule is COc1ccc(C)cc1/C=C/C(=O)N[C@@H]1CCCC[C@H]1C. The summed E-state index contributed by atoms with van der Waals surface area (Å²) in [6.07, 6.45) is 8.23. The van der Waals surface area contributed by atoms with Crippen LogP contribution in [0.1, 0.15) is 43.7 Å². The molecule has 114 valence electrons. The summed E-state index contributed by atoms with van der Waals surface area (Å²) in [5, 5.41) is 3.12. The minimum absolute atomic E-state index is 0.0164. The van der Waals surface area contributed by atoms with Gasteiger partial charge in [-0.25, -0.2) is 0 Å². The second kappa shape index (κ2) is 7.30. The highest BCUT2D eigenvalue weighted by Crippen LogP contribution is 2.24. The van der Waals surface area contributed by atoms with Crippen molar-refractivity contribution in [2.24, 2.45) is 5.92 Å². The molecule has 1 amide bonds. The Hall–Kier alpha value is -1.77. The van der Waals surface area contributed by atoms with Gasteiger partial charge in [-0.1, -0.05) is 31.4 Å². The van der Waals surface area contributed by atoms with Gasteiger partial charge in [-0.2, -0.15) is 0 Å². The van der Waals surface area contributed by atoms with Crippen LogP contribution in [0.3, 0.4) is 0 Å². The largest absolute Gasteiger partial charge is 0.496 e. The highest BCUT2D eigenvalue weighted by molar-refractivity contribution is 5.92. The Morgan fingerprint density at radius 3 is 2.81 bits per heavy atom. The number of aryl methyl sites for hydroxylation is 1. The van der Waals surface area contributed by atoms with Crippen molar-refractivity contribution in [1.29, 1.82) is 0 Å². The Labute approximate surface area is 127 Å². The van der Waals surface area contributed by atoms with Crippen LogP contribution >= 0.6 is 0 Å². The minimum atomic E-state index is -0.0164. The first-order valence-corrected chi connectivity index (χ1v) is 7.73. The fraction of sp³-hybridized carbons (Fsp3) is 0.500. The fourth-order valence-corrected chi connectivity index (χ4v) is 2.91. The maximum atomic E-state index is 12.1. The highest BCUT2D eigenvalue weighted by Gasteiger charge is 2.21. The number of nitrogens with one attached hydrogen (secondary N) is 1. The third kappa shape index (κ3) is 4.35. The van der Waals surface area contributed by atoms with Crippen molar-refractivity contribution in [2.45, 2.75) is 45.6 Å². The van der Waals surface area contributed by atoms with Crippen molar-refractivity contribution in [2.75, 3.05) is 7.11 Å². The third-order valence-electron chi connectivity index (χ3n) is 4.24. The standard InChI is InChI=1S/C18H25NO2/c1-13-8-10-17(21-3)15(12-13)9-11-18(20)19-16-7-5-4-6-14(16)2/h8-12,14,16H,4-7H2,1-3H3,(H,19,20)/b11-9+/t14-,16-/m1/s1. The van der Waals surface area contributed by atoms with Crippen LogP contribution in [-0.2, 0) is 4.79 Å². The summed E-state index contributed by atoms with van der Waals surface area (Å²) in [6.45, 7) is 4.25. The first-order valence-electron chi connectivity index (χ1n) is 7.73. The number of carbonyl (C=O) groups excluding carboxylic acids is 1. The van der Waals surface area contributed by atoms with Gasteiger partial charge in [-0.3, -0.25) is 4.79 Å². The van der Waals surface area contributed by atoms with Crippen molar-refractivity contribution in [1.82, 2.24) is 5.32 Å². The van der Waals surface area contributed by atoms with Crippen molar-refractivity contribution in [3.8, 4) is 5.75 Å². The third-order valence-corrected chi connectivity index (χ3v) is 4.24. The normalized spacial score (nSPS) is 22.2. The average molecular weight is 287 g/mol. The lowest BCUT2D eigenvalue weighted by atomic mass is 9.86. The first-order chi connectivity index (χ1) is 10.1. The Balaban J connectivity index is 2.00. The second-order valence-electron chi connectivity index (χ2n) is 5.96. The van der Waals surface area contributed by atoms with E-state index in [1.165, 1.54) is 19.3 Å². The van der Waals surface area contributed by atoms with Gasteiger partial charge in [0.1, 0.15) is 5.75 Å².